The molecule has 1 atom stereocenters. The van der Waals surface area contributed by atoms with Gasteiger partial charge in [0.05, 0.1) is 23.9 Å². The summed E-state index contributed by atoms with van der Waals surface area (Å²) < 4.78 is 11.7. The molecule has 1 fully saturated rings. The molecular formula is C29H38N4O3S. The van der Waals surface area contributed by atoms with E-state index in [0.717, 1.165) is 49.5 Å². The molecule has 0 amide bonds. The molecule has 2 heterocycles. The number of thiazole rings is 1. The summed E-state index contributed by atoms with van der Waals surface area (Å²) in [4.78, 5) is 6.47. The smallest absolute Gasteiger partial charge is 0.170 e. The van der Waals surface area contributed by atoms with Crippen molar-refractivity contribution in [3.05, 3.63) is 64.0 Å². The Morgan fingerprint density at radius 1 is 1.05 bits per heavy atom. The lowest BCUT2D eigenvalue weighted by Crippen LogP contribution is -2.28. The van der Waals surface area contributed by atoms with Gasteiger partial charge in [0, 0.05) is 28.5 Å². The van der Waals surface area contributed by atoms with E-state index in [-0.39, 0.29) is 5.84 Å². The monoisotopic (exact) mass is 522 g/mol. The topological polar surface area (TPSA) is 102 Å². The first kappa shape index (κ1) is 26.9. The van der Waals surface area contributed by atoms with Gasteiger partial charge in [0.2, 0.25) is 0 Å². The molecule has 1 aliphatic rings. The molecule has 0 bridgehead atoms. The van der Waals surface area contributed by atoms with Crippen LogP contribution in [-0.2, 0) is 0 Å². The van der Waals surface area contributed by atoms with Gasteiger partial charge < -0.3 is 25.7 Å². The number of rotatable bonds is 12. The highest BCUT2D eigenvalue weighted by molar-refractivity contribution is 7.12. The van der Waals surface area contributed by atoms with Crippen LogP contribution < -0.4 is 20.5 Å². The summed E-state index contributed by atoms with van der Waals surface area (Å²) in [5.74, 6) is 2.74. The molecule has 4 N–H and O–H groups in total. The van der Waals surface area contributed by atoms with E-state index in [0.29, 0.717) is 30.6 Å². The van der Waals surface area contributed by atoms with E-state index in [1.165, 1.54) is 28.3 Å². The number of hydrogen-bond donors (Lipinski definition) is 3. The molecule has 0 radical (unpaired) electrons. The number of benzene rings is 2. The number of amidine groups is 1. The van der Waals surface area contributed by atoms with Gasteiger partial charge in [-0.05, 0) is 93.1 Å². The van der Waals surface area contributed by atoms with Crippen LogP contribution in [0.5, 0.6) is 11.5 Å². The van der Waals surface area contributed by atoms with Gasteiger partial charge >= 0.3 is 0 Å². The SMILES string of the molecule is CC(C)c1sc(C2CCCNC2)nc1-c1ccc(OCCCCCOc2ccc(/C(N)=N/O)cc2)cc1. The van der Waals surface area contributed by atoms with Crippen LogP contribution in [0.4, 0.5) is 0 Å². The zero-order chi connectivity index (χ0) is 26.0. The molecule has 37 heavy (non-hydrogen) atoms. The number of oxime groups is 1. The fourth-order valence-electron chi connectivity index (χ4n) is 4.43. The summed E-state index contributed by atoms with van der Waals surface area (Å²) in [6.07, 6.45) is 5.39. The fourth-order valence-corrected chi connectivity index (χ4v) is 5.66. The average molecular weight is 523 g/mol. The van der Waals surface area contributed by atoms with Gasteiger partial charge in [-0.15, -0.1) is 11.3 Å². The van der Waals surface area contributed by atoms with E-state index >= 15 is 0 Å². The average Bonchev–Trinajstić information content (AvgIpc) is 3.39. The third kappa shape index (κ3) is 7.46. The van der Waals surface area contributed by atoms with Crippen LogP contribution in [0.15, 0.2) is 53.7 Å². The van der Waals surface area contributed by atoms with Gasteiger partial charge in [0.15, 0.2) is 5.84 Å². The minimum Gasteiger partial charge on any atom is -0.494 e. The molecule has 1 saturated heterocycles. The maximum absolute atomic E-state index is 8.72. The van der Waals surface area contributed by atoms with E-state index in [1.54, 1.807) is 12.1 Å². The molecule has 0 saturated carbocycles. The number of piperidine rings is 1. The largest absolute Gasteiger partial charge is 0.494 e. The molecular weight excluding hydrogens is 484 g/mol. The van der Waals surface area contributed by atoms with Crippen molar-refractivity contribution in [2.45, 2.75) is 57.8 Å². The van der Waals surface area contributed by atoms with Gasteiger partial charge in [-0.25, -0.2) is 4.98 Å². The minimum atomic E-state index is 0.0891. The van der Waals surface area contributed by atoms with E-state index in [9.17, 15) is 0 Å². The van der Waals surface area contributed by atoms with E-state index in [2.05, 4.69) is 48.6 Å². The lowest BCUT2D eigenvalue weighted by molar-refractivity contribution is 0.279. The highest BCUT2D eigenvalue weighted by Crippen LogP contribution is 2.38. The van der Waals surface area contributed by atoms with Crippen molar-refractivity contribution in [2.24, 2.45) is 10.9 Å². The van der Waals surface area contributed by atoms with Gasteiger partial charge in [-0.1, -0.05) is 19.0 Å². The standard InChI is InChI=1S/C29H38N4O3S/c1-20(2)27-26(32-29(37-27)23-7-6-16-31-19-23)21-8-12-24(13-9-21)35-17-4-3-5-18-36-25-14-10-22(11-15-25)28(30)33-34/h8-15,20,23,31,34H,3-7,16-19H2,1-2H3,(H2,30,33). The summed E-state index contributed by atoms with van der Waals surface area (Å²) in [5.41, 5.74) is 8.53. The lowest BCUT2D eigenvalue weighted by Gasteiger charge is -2.20. The summed E-state index contributed by atoms with van der Waals surface area (Å²) in [6.45, 7) is 7.98. The zero-order valence-electron chi connectivity index (χ0n) is 21.8. The predicted octanol–water partition coefficient (Wildman–Crippen LogP) is 6.12. The molecule has 0 aliphatic carbocycles. The Balaban J connectivity index is 1.20. The van der Waals surface area contributed by atoms with Crippen LogP contribution in [0, 0.1) is 0 Å². The van der Waals surface area contributed by atoms with Crippen LogP contribution in [0.2, 0.25) is 0 Å². The molecule has 1 aliphatic heterocycles. The Morgan fingerprint density at radius 2 is 1.70 bits per heavy atom. The second-order valence-corrected chi connectivity index (χ2v) is 10.8. The number of unbranched alkanes of at least 4 members (excludes halogenated alkanes) is 2. The molecule has 3 aromatic rings. The molecule has 7 nitrogen and oxygen atoms in total. The van der Waals surface area contributed by atoms with Crippen LogP contribution in [0.1, 0.15) is 73.2 Å². The molecule has 2 aromatic carbocycles. The van der Waals surface area contributed by atoms with Crippen molar-refractivity contribution in [1.82, 2.24) is 10.3 Å². The van der Waals surface area contributed by atoms with Crippen molar-refractivity contribution in [2.75, 3.05) is 26.3 Å². The second kappa shape index (κ2) is 13.4. The van der Waals surface area contributed by atoms with Gasteiger partial charge in [0.25, 0.3) is 0 Å². The Morgan fingerprint density at radius 3 is 2.27 bits per heavy atom. The van der Waals surface area contributed by atoms with Crippen LogP contribution in [-0.4, -0.2) is 42.3 Å². The maximum Gasteiger partial charge on any atom is 0.170 e. The normalized spacial score (nSPS) is 16.2. The third-order valence-corrected chi connectivity index (χ3v) is 8.07. The van der Waals surface area contributed by atoms with E-state index in [4.69, 9.17) is 25.4 Å². The number of nitrogens with two attached hydrogens (primary N) is 1. The Kier molecular flexibility index (Phi) is 9.79. The van der Waals surface area contributed by atoms with Gasteiger partial charge in [-0.2, -0.15) is 0 Å². The van der Waals surface area contributed by atoms with Crippen molar-refractivity contribution in [3.8, 4) is 22.8 Å². The second-order valence-electron chi connectivity index (χ2n) is 9.75. The first-order chi connectivity index (χ1) is 18.0. The number of ether oxygens (including phenoxy) is 2. The van der Waals surface area contributed by atoms with Crippen molar-refractivity contribution in [3.63, 3.8) is 0 Å². The first-order valence-electron chi connectivity index (χ1n) is 13.2. The quantitative estimate of drug-likeness (QED) is 0.0870. The zero-order valence-corrected chi connectivity index (χ0v) is 22.6. The van der Waals surface area contributed by atoms with Crippen molar-refractivity contribution >= 4 is 17.2 Å². The molecule has 1 unspecified atom stereocenters. The third-order valence-electron chi connectivity index (χ3n) is 6.55. The molecule has 8 heteroatoms. The van der Waals surface area contributed by atoms with Crippen molar-refractivity contribution in [1.29, 1.82) is 0 Å². The number of hydrogen-bond acceptors (Lipinski definition) is 7. The predicted molar refractivity (Wildman–Crippen MR) is 150 cm³/mol. The van der Waals surface area contributed by atoms with Gasteiger partial charge in [-0.3, -0.25) is 0 Å². The maximum atomic E-state index is 8.72. The van der Waals surface area contributed by atoms with Crippen LogP contribution >= 0.6 is 11.3 Å². The molecule has 198 valence electrons. The summed E-state index contributed by atoms with van der Waals surface area (Å²) in [5, 5.41) is 16.5. The summed E-state index contributed by atoms with van der Waals surface area (Å²) in [6, 6.07) is 15.6. The highest BCUT2D eigenvalue weighted by Gasteiger charge is 2.23. The van der Waals surface area contributed by atoms with Gasteiger partial charge in [0.1, 0.15) is 11.5 Å². The van der Waals surface area contributed by atoms with E-state index < -0.39 is 0 Å². The lowest BCUT2D eigenvalue weighted by atomic mass is 10.0. The number of aromatic nitrogens is 1. The van der Waals surface area contributed by atoms with Crippen LogP contribution in [0.3, 0.4) is 0 Å². The minimum absolute atomic E-state index is 0.0891. The fraction of sp³-hybridized carbons (Fsp3) is 0.448. The number of nitrogens with zero attached hydrogens (tertiary/aromatic N) is 2. The summed E-state index contributed by atoms with van der Waals surface area (Å²) >= 11 is 1.89. The Hall–Kier alpha value is -3.10. The number of nitrogens with one attached hydrogen (secondary N) is 1. The molecule has 1 aromatic heterocycles. The first-order valence-corrected chi connectivity index (χ1v) is 14.0. The molecule has 0 spiro atoms. The van der Waals surface area contributed by atoms with Crippen LogP contribution in [0.25, 0.3) is 11.3 Å². The highest BCUT2D eigenvalue weighted by atomic mass is 32.1. The Labute approximate surface area is 223 Å². The molecule has 4 rings (SSSR count). The van der Waals surface area contributed by atoms with Crippen molar-refractivity contribution < 1.29 is 14.7 Å². The van der Waals surface area contributed by atoms with E-state index in [1.807, 2.05) is 23.5 Å². The summed E-state index contributed by atoms with van der Waals surface area (Å²) in [7, 11) is 0. The Bertz CT molecular complexity index is 1140.